The van der Waals surface area contributed by atoms with E-state index in [2.05, 4.69) is 4.74 Å². The van der Waals surface area contributed by atoms with Crippen molar-refractivity contribution in [2.24, 2.45) is 11.8 Å². The number of thioether (sulfide) groups is 1. The highest BCUT2D eigenvalue weighted by atomic mass is 32.2. The summed E-state index contributed by atoms with van der Waals surface area (Å²) in [6, 6.07) is 0. The number of esters is 1. The SMILES string of the molecule is COC(=O)[C@](C)(O)[C@@H](C(=O)SC(C)(C)C)C(C)C. The Morgan fingerprint density at radius 2 is 1.61 bits per heavy atom. The van der Waals surface area contributed by atoms with E-state index in [0.29, 0.717) is 0 Å². The maximum atomic E-state index is 12.3. The van der Waals surface area contributed by atoms with Crippen molar-refractivity contribution in [3.8, 4) is 0 Å². The van der Waals surface area contributed by atoms with Gasteiger partial charge in [0.25, 0.3) is 0 Å². The average molecular weight is 276 g/mol. The number of carbonyl (C=O) groups excluding carboxylic acids is 2. The molecule has 106 valence electrons. The molecule has 0 bridgehead atoms. The predicted molar refractivity (Wildman–Crippen MR) is 73.3 cm³/mol. The van der Waals surface area contributed by atoms with Crippen LogP contribution in [0.25, 0.3) is 0 Å². The summed E-state index contributed by atoms with van der Waals surface area (Å²) in [4.78, 5) is 23.9. The summed E-state index contributed by atoms with van der Waals surface area (Å²) in [5.41, 5.74) is -1.79. The van der Waals surface area contributed by atoms with E-state index in [9.17, 15) is 14.7 Å². The molecule has 0 rings (SSSR count). The van der Waals surface area contributed by atoms with Crippen LogP contribution >= 0.6 is 11.8 Å². The smallest absolute Gasteiger partial charge is 0.338 e. The Hall–Kier alpha value is -0.550. The van der Waals surface area contributed by atoms with Crippen LogP contribution in [-0.2, 0) is 14.3 Å². The van der Waals surface area contributed by atoms with Crippen molar-refractivity contribution >= 4 is 22.8 Å². The summed E-state index contributed by atoms with van der Waals surface area (Å²) < 4.78 is 4.32. The first kappa shape index (κ1) is 17.4. The second kappa shape index (κ2) is 6.06. The highest BCUT2D eigenvalue weighted by Gasteiger charge is 2.47. The molecular weight excluding hydrogens is 252 g/mol. The average Bonchev–Trinajstić information content (AvgIpc) is 2.11. The van der Waals surface area contributed by atoms with E-state index < -0.39 is 17.5 Å². The molecule has 0 aliphatic heterocycles. The number of ether oxygens (including phenoxy) is 1. The van der Waals surface area contributed by atoms with Gasteiger partial charge in [0, 0.05) is 4.75 Å². The molecule has 0 unspecified atom stereocenters. The van der Waals surface area contributed by atoms with Crippen LogP contribution in [0, 0.1) is 11.8 Å². The summed E-state index contributed by atoms with van der Waals surface area (Å²) in [5.74, 6) is -1.71. The van der Waals surface area contributed by atoms with Crippen LogP contribution in [-0.4, -0.2) is 33.6 Å². The highest BCUT2D eigenvalue weighted by molar-refractivity contribution is 8.14. The fourth-order valence-electron chi connectivity index (χ4n) is 1.85. The maximum Gasteiger partial charge on any atom is 0.338 e. The van der Waals surface area contributed by atoms with Gasteiger partial charge >= 0.3 is 5.97 Å². The van der Waals surface area contributed by atoms with Crippen molar-refractivity contribution < 1.29 is 19.4 Å². The van der Waals surface area contributed by atoms with Crippen LogP contribution < -0.4 is 0 Å². The lowest BCUT2D eigenvalue weighted by Gasteiger charge is -2.33. The third-order valence-electron chi connectivity index (χ3n) is 2.53. The van der Waals surface area contributed by atoms with Gasteiger partial charge in [-0.05, 0) is 12.8 Å². The molecule has 1 N–H and O–H groups in total. The normalized spacial score (nSPS) is 17.2. The van der Waals surface area contributed by atoms with Gasteiger partial charge in [0.2, 0.25) is 0 Å². The molecular formula is C13H24O4S. The zero-order valence-corrected chi connectivity index (χ0v) is 13.1. The molecule has 0 heterocycles. The quantitative estimate of drug-likeness (QED) is 0.798. The maximum absolute atomic E-state index is 12.3. The lowest BCUT2D eigenvalue weighted by atomic mass is 9.81. The van der Waals surface area contributed by atoms with Gasteiger partial charge in [0.05, 0.1) is 13.0 Å². The first-order valence-electron chi connectivity index (χ1n) is 5.97. The van der Waals surface area contributed by atoms with Crippen LogP contribution in [0.5, 0.6) is 0 Å². The van der Waals surface area contributed by atoms with Crippen molar-refractivity contribution in [2.45, 2.75) is 51.9 Å². The first-order valence-corrected chi connectivity index (χ1v) is 6.78. The third-order valence-corrected chi connectivity index (χ3v) is 3.60. The number of aliphatic hydroxyl groups is 1. The topological polar surface area (TPSA) is 63.6 Å². The van der Waals surface area contributed by atoms with E-state index in [1.54, 1.807) is 0 Å². The zero-order valence-electron chi connectivity index (χ0n) is 12.2. The van der Waals surface area contributed by atoms with Crippen molar-refractivity contribution in [3.05, 3.63) is 0 Å². The van der Waals surface area contributed by atoms with E-state index in [1.165, 1.54) is 14.0 Å². The molecule has 0 amide bonds. The summed E-state index contributed by atoms with van der Waals surface area (Å²) in [6.45, 7) is 10.7. The number of methoxy groups -OCH3 is 1. The van der Waals surface area contributed by atoms with Gasteiger partial charge < -0.3 is 9.84 Å². The van der Waals surface area contributed by atoms with Gasteiger partial charge in [-0.3, -0.25) is 4.79 Å². The molecule has 0 spiro atoms. The monoisotopic (exact) mass is 276 g/mol. The summed E-state index contributed by atoms with van der Waals surface area (Å²) in [7, 11) is 1.20. The largest absolute Gasteiger partial charge is 0.467 e. The molecule has 18 heavy (non-hydrogen) atoms. The minimum Gasteiger partial charge on any atom is -0.467 e. The van der Waals surface area contributed by atoms with Crippen LogP contribution in [0.1, 0.15) is 41.5 Å². The number of hydrogen-bond donors (Lipinski definition) is 1. The van der Waals surface area contributed by atoms with Gasteiger partial charge in [-0.15, -0.1) is 0 Å². The molecule has 0 aromatic rings. The second-order valence-electron chi connectivity index (χ2n) is 5.89. The number of rotatable bonds is 4. The fourth-order valence-corrected chi connectivity index (χ4v) is 3.08. The van der Waals surface area contributed by atoms with Gasteiger partial charge in [-0.2, -0.15) is 0 Å². The van der Waals surface area contributed by atoms with Crippen LogP contribution in [0.15, 0.2) is 0 Å². The standard InChI is InChI=1S/C13H24O4S/c1-8(2)9(10(14)18-12(3,4)5)13(6,16)11(15)17-7/h8-9,16H,1-7H3/t9-,13-/m1/s1. The van der Waals surface area contributed by atoms with E-state index in [4.69, 9.17) is 0 Å². The lowest BCUT2D eigenvalue weighted by Crippen LogP contribution is -2.49. The molecule has 0 radical (unpaired) electrons. The number of carbonyl (C=O) groups is 2. The zero-order chi connectivity index (χ0) is 14.7. The van der Waals surface area contributed by atoms with Crippen LogP contribution in [0.2, 0.25) is 0 Å². The molecule has 0 saturated heterocycles. The van der Waals surface area contributed by atoms with E-state index in [0.717, 1.165) is 11.8 Å². The van der Waals surface area contributed by atoms with Crippen molar-refractivity contribution in [3.63, 3.8) is 0 Å². The molecule has 0 fully saturated rings. The Morgan fingerprint density at radius 3 is 1.89 bits per heavy atom. The Kier molecular flexibility index (Phi) is 5.88. The van der Waals surface area contributed by atoms with Crippen LogP contribution in [0.4, 0.5) is 0 Å². The van der Waals surface area contributed by atoms with Crippen molar-refractivity contribution in [2.75, 3.05) is 7.11 Å². The van der Waals surface area contributed by atoms with Gasteiger partial charge in [-0.1, -0.05) is 46.4 Å². The first-order chi connectivity index (χ1) is 7.93. The Bertz CT molecular complexity index is 315. The summed E-state index contributed by atoms with van der Waals surface area (Å²) >= 11 is 1.14. The molecule has 4 nitrogen and oxygen atoms in total. The predicted octanol–water partition coefficient (Wildman–Crippen LogP) is 2.24. The summed E-state index contributed by atoms with van der Waals surface area (Å²) in [5, 5.41) is 10.1. The van der Waals surface area contributed by atoms with E-state index in [-0.39, 0.29) is 15.8 Å². The molecule has 0 saturated carbocycles. The summed E-state index contributed by atoms with van der Waals surface area (Å²) in [6.07, 6.45) is 0. The molecule has 5 heteroatoms. The van der Waals surface area contributed by atoms with E-state index in [1.807, 2.05) is 34.6 Å². The lowest BCUT2D eigenvalue weighted by molar-refractivity contribution is -0.169. The van der Waals surface area contributed by atoms with Crippen LogP contribution in [0.3, 0.4) is 0 Å². The van der Waals surface area contributed by atoms with Gasteiger partial charge in [0.15, 0.2) is 10.7 Å². The molecule has 0 aromatic carbocycles. The number of hydrogen-bond acceptors (Lipinski definition) is 5. The van der Waals surface area contributed by atoms with Crippen molar-refractivity contribution in [1.29, 1.82) is 0 Å². The van der Waals surface area contributed by atoms with E-state index >= 15 is 0 Å². The Balaban J connectivity index is 5.21. The Morgan fingerprint density at radius 1 is 1.17 bits per heavy atom. The molecule has 0 aromatic heterocycles. The van der Waals surface area contributed by atoms with Gasteiger partial charge in [-0.25, -0.2) is 4.79 Å². The van der Waals surface area contributed by atoms with Gasteiger partial charge in [0.1, 0.15) is 0 Å². The minimum absolute atomic E-state index is 0.151. The molecule has 0 aliphatic carbocycles. The fraction of sp³-hybridized carbons (Fsp3) is 0.846. The molecule has 2 atom stereocenters. The Labute approximate surface area is 113 Å². The second-order valence-corrected chi connectivity index (χ2v) is 7.73. The van der Waals surface area contributed by atoms with Crippen molar-refractivity contribution in [1.82, 2.24) is 0 Å². The third kappa shape index (κ3) is 4.61. The molecule has 0 aliphatic rings. The minimum atomic E-state index is -1.79. The highest BCUT2D eigenvalue weighted by Crippen LogP contribution is 2.35.